The number of carbonyl (C=O) groups excluding carboxylic acids is 2. The van der Waals surface area contributed by atoms with Gasteiger partial charge in [0, 0.05) is 7.05 Å². The zero-order chi connectivity index (χ0) is 19.6. The molecule has 3 rings (SSSR count). The number of benzene rings is 1. The van der Waals surface area contributed by atoms with Crippen molar-refractivity contribution in [3.8, 4) is 5.75 Å². The lowest BCUT2D eigenvalue weighted by Gasteiger charge is -2.28. The van der Waals surface area contributed by atoms with E-state index in [1.807, 2.05) is 39.0 Å². The molecule has 1 unspecified atom stereocenters. The van der Waals surface area contributed by atoms with E-state index in [0.717, 1.165) is 18.6 Å². The second-order valence-electron chi connectivity index (χ2n) is 8.04. The summed E-state index contributed by atoms with van der Waals surface area (Å²) in [6.07, 6.45) is 1.50. The third kappa shape index (κ3) is 4.99. The van der Waals surface area contributed by atoms with Crippen molar-refractivity contribution >= 4 is 17.7 Å². The summed E-state index contributed by atoms with van der Waals surface area (Å²) in [4.78, 5) is 25.8. The second-order valence-corrected chi connectivity index (χ2v) is 8.04. The van der Waals surface area contributed by atoms with Crippen LogP contribution in [0.1, 0.15) is 39.2 Å². The first-order chi connectivity index (χ1) is 12.7. The second kappa shape index (κ2) is 7.58. The number of hydrogen-bond acceptors (Lipinski definition) is 5. The van der Waals surface area contributed by atoms with Crippen LogP contribution in [0.4, 0.5) is 4.79 Å². The summed E-state index contributed by atoms with van der Waals surface area (Å²) in [7, 11) is 1.64. The molecule has 0 fully saturated rings. The lowest BCUT2D eigenvalue weighted by molar-refractivity contribution is -0.129. The highest BCUT2D eigenvalue weighted by atomic mass is 16.6. The molecule has 0 aromatic heterocycles. The van der Waals surface area contributed by atoms with Gasteiger partial charge in [-0.3, -0.25) is 4.79 Å². The van der Waals surface area contributed by atoms with Gasteiger partial charge in [0.1, 0.15) is 17.5 Å². The van der Waals surface area contributed by atoms with E-state index in [-0.39, 0.29) is 25.0 Å². The maximum Gasteiger partial charge on any atom is 0.410 e. The Labute approximate surface area is 159 Å². The van der Waals surface area contributed by atoms with Crippen LogP contribution in [0, 0.1) is 0 Å². The van der Waals surface area contributed by atoms with Gasteiger partial charge >= 0.3 is 6.09 Å². The van der Waals surface area contributed by atoms with E-state index in [2.05, 4.69) is 11.2 Å². The Kier molecular flexibility index (Phi) is 5.39. The molecule has 1 aromatic carbocycles. The monoisotopic (exact) mass is 373 g/mol. The first-order valence-corrected chi connectivity index (χ1v) is 9.26. The molecule has 1 atom stereocenters. The molecule has 0 spiro atoms. The number of hydrazone groups is 1. The predicted molar refractivity (Wildman–Crippen MR) is 102 cm³/mol. The van der Waals surface area contributed by atoms with E-state index < -0.39 is 11.7 Å². The minimum absolute atomic E-state index is 0.0648. The van der Waals surface area contributed by atoms with Gasteiger partial charge in [-0.2, -0.15) is 5.10 Å². The third-order valence-electron chi connectivity index (χ3n) is 4.41. The van der Waals surface area contributed by atoms with Crippen molar-refractivity contribution in [2.75, 3.05) is 20.1 Å². The van der Waals surface area contributed by atoms with Crippen LogP contribution in [0.25, 0.3) is 0 Å². The molecule has 2 aliphatic heterocycles. The molecule has 7 nitrogen and oxygen atoms in total. The van der Waals surface area contributed by atoms with Crippen molar-refractivity contribution in [1.29, 1.82) is 0 Å². The molecular weight excluding hydrogens is 346 g/mol. The van der Waals surface area contributed by atoms with Crippen molar-refractivity contribution in [1.82, 2.24) is 9.91 Å². The fraction of sp³-hybridized carbons (Fsp3) is 0.550. The molecule has 0 N–H and O–H groups in total. The number of hydrogen-bond donors (Lipinski definition) is 0. The minimum Gasteiger partial charge on any atom is -0.488 e. The molecule has 27 heavy (non-hydrogen) atoms. The van der Waals surface area contributed by atoms with E-state index in [9.17, 15) is 9.59 Å². The SMILES string of the molecule is CN(CC1=NN(CC2CCc3ccccc3O2)C(=O)C1)C(=O)OC(C)(C)C. The van der Waals surface area contributed by atoms with Gasteiger partial charge in [-0.25, -0.2) is 9.80 Å². The molecule has 1 aromatic rings. The maximum absolute atomic E-state index is 12.3. The average Bonchev–Trinajstić information content (AvgIpc) is 2.92. The molecule has 0 aliphatic carbocycles. The number of rotatable bonds is 4. The summed E-state index contributed by atoms with van der Waals surface area (Å²) in [6, 6.07) is 7.97. The van der Waals surface area contributed by atoms with E-state index in [0.29, 0.717) is 12.3 Å². The van der Waals surface area contributed by atoms with Gasteiger partial charge in [-0.15, -0.1) is 0 Å². The Morgan fingerprint density at radius 3 is 2.85 bits per heavy atom. The fourth-order valence-electron chi connectivity index (χ4n) is 3.14. The summed E-state index contributed by atoms with van der Waals surface area (Å²) in [5, 5.41) is 5.88. The zero-order valence-corrected chi connectivity index (χ0v) is 16.4. The molecular formula is C20H27N3O4. The van der Waals surface area contributed by atoms with Gasteiger partial charge in [0.25, 0.3) is 0 Å². The Hall–Kier alpha value is -2.57. The van der Waals surface area contributed by atoms with E-state index in [1.165, 1.54) is 15.5 Å². The van der Waals surface area contributed by atoms with E-state index in [1.54, 1.807) is 7.05 Å². The van der Waals surface area contributed by atoms with Crippen LogP contribution in [0.2, 0.25) is 0 Å². The standard InChI is InChI=1S/C20H27N3O4/c1-20(2,3)27-19(25)22(4)12-15-11-18(24)23(21-15)13-16-10-9-14-7-5-6-8-17(14)26-16/h5-8,16H,9-13H2,1-4H3. The van der Waals surface area contributed by atoms with Crippen molar-refractivity contribution in [3.63, 3.8) is 0 Å². The minimum atomic E-state index is -0.556. The first-order valence-electron chi connectivity index (χ1n) is 9.26. The number of nitrogens with zero attached hydrogens (tertiary/aromatic N) is 3. The molecule has 0 saturated heterocycles. The molecule has 2 aliphatic rings. The average molecular weight is 373 g/mol. The molecule has 0 radical (unpaired) electrons. The van der Waals surface area contributed by atoms with Crippen LogP contribution in [0.5, 0.6) is 5.75 Å². The van der Waals surface area contributed by atoms with E-state index >= 15 is 0 Å². The Bertz CT molecular complexity index is 754. The van der Waals surface area contributed by atoms with Crippen LogP contribution in [0.15, 0.2) is 29.4 Å². The van der Waals surface area contributed by atoms with Crippen LogP contribution in [-0.4, -0.2) is 59.5 Å². The first kappa shape index (κ1) is 19.2. The molecule has 146 valence electrons. The Morgan fingerprint density at radius 1 is 1.37 bits per heavy atom. The van der Waals surface area contributed by atoms with Gasteiger partial charge in [-0.1, -0.05) is 18.2 Å². The number of para-hydroxylation sites is 1. The summed E-state index contributed by atoms with van der Waals surface area (Å²) >= 11 is 0. The van der Waals surface area contributed by atoms with Crippen molar-refractivity contribution in [2.24, 2.45) is 5.10 Å². The quantitative estimate of drug-likeness (QED) is 0.814. The third-order valence-corrected chi connectivity index (χ3v) is 4.41. The lowest BCUT2D eigenvalue weighted by Crippen LogP contribution is -2.37. The molecule has 2 amide bonds. The van der Waals surface area contributed by atoms with Crippen LogP contribution >= 0.6 is 0 Å². The number of carbonyl (C=O) groups is 2. The molecule has 0 saturated carbocycles. The Morgan fingerprint density at radius 2 is 2.11 bits per heavy atom. The number of amides is 2. The van der Waals surface area contributed by atoms with Crippen LogP contribution in [0.3, 0.4) is 0 Å². The van der Waals surface area contributed by atoms with Crippen LogP contribution in [-0.2, 0) is 16.0 Å². The van der Waals surface area contributed by atoms with Crippen molar-refractivity contribution in [3.05, 3.63) is 29.8 Å². The smallest absolute Gasteiger partial charge is 0.410 e. The summed E-state index contributed by atoms with van der Waals surface area (Å²) in [5.74, 6) is 0.819. The number of ether oxygens (including phenoxy) is 2. The highest BCUT2D eigenvalue weighted by Gasteiger charge is 2.30. The highest BCUT2D eigenvalue weighted by Crippen LogP contribution is 2.28. The largest absolute Gasteiger partial charge is 0.488 e. The predicted octanol–water partition coefficient (Wildman–Crippen LogP) is 2.84. The number of aryl methyl sites for hydroxylation is 1. The normalized spacial score (nSPS) is 19.3. The number of fused-ring (bicyclic) bond motifs is 1. The highest BCUT2D eigenvalue weighted by molar-refractivity contribution is 6.06. The van der Waals surface area contributed by atoms with Gasteiger partial charge < -0.3 is 14.4 Å². The van der Waals surface area contributed by atoms with E-state index in [4.69, 9.17) is 9.47 Å². The zero-order valence-electron chi connectivity index (χ0n) is 16.4. The fourth-order valence-corrected chi connectivity index (χ4v) is 3.14. The summed E-state index contributed by atoms with van der Waals surface area (Å²) in [6.45, 7) is 6.15. The maximum atomic E-state index is 12.3. The Balaban J connectivity index is 1.56. The van der Waals surface area contributed by atoms with Gasteiger partial charge in [-0.05, 0) is 45.2 Å². The molecule has 7 heteroatoms. The van der Waals surface area contributed by atoms with Gasteiger partial charge in [0.15, 0.2) is 0 Å². The van der Waals surface area contributed by atoms with Gasteiger partial charge in [0.05, 0.1) is 25.2 Å². The lowest BCUT2D eigenvalue weighted by atomic mass is 10.0. The van der Waals surface area contributed by atoms with Gasteiger partial charge in [0.2, 0.25) is 5.91 Å². The summed E-state index contributed by atoms with van der Waals surface area (Å²) < 4.78 is 11.3. The van der Waals surface area contributed by atoms with Crippen molar-refractivity contribution in [2.45, 2.75) is 51.7 Å². The molecule has 2 heterocycles. The molecule has 0 bridgehead atoms. The summed E-state index contributed by atoms with van der Waals surface area (Å²) in [5.41, 5.74) is 1.30. The topological polar surface area (TPSA) is 71.4 Å². The van der Waals surface area contributed by atoms with Crippen LogP contribution < -0.4 is 4.74 Å². The van der Waals surface area contributed by atoms with Crippen molar-refractivity contribution < 1.29 is 19.1 Å².